The van der Waals surface area contributed by atoms with Crippen LogP contribution in [0.4, 0.5) is 0 Å². The van der Waals surface area contributed by atoms with Gasteiger partial charge in [0.15, 0.2) is 0 Å². The van der Waals surface area contributed by atoms with Crippen molar-refractivity contribution >= 4 is 5.91 Å². The lowest BCUT2D eigenvalue weighted by Crippen LogP contribution is -2.50. The third kappa shape index (κ3) is 2.49. The van der Waals surface area contributed by atoms with E-state index < -0.39 is 0 Å². The Hall–Kier alpha value is -0.570. The lowest BCUT2D eigenvalue weighted by atomic mass is 9.80. The summed E-state index contributed by atoms with van der Waals surface area (Å²) in [6.45, 7) is 1.54. The highest BCUT2D eigenvalue weighted by atomic mass is 16.2. The van der Waals surface area contributed by atoms with Crippen molar-refractivity contribution in [3.05, 3.63) is 0 Å². The van der Waals surface area contributed by atoms with Crippen LogP contribution in [0, 0.1) is 11.3 Å². The summed E-state index contributed by atoms with van der Waals surface area (Å²) in [4.78, 5) is 15.4. The molecule has 3 aliphatic rings. The lowest BCUT2D eigenvalue weighted by molar-refractivity contribution is -0.143. The molecule has 0 aromatic rings. The second-order valence-electron chi connectivity index (χ2n) is 7.30. The van der Waals surface area contributed by atoms with Gasteiger partial charge < -0.3 is 10.6 Å². The minimum atomic E-state index is -0.197. The minimum absolute atomic E-state index is 0.197. The van der Waals surface area contributed by atoms with Crippen molar-refractivity contribution in [2.45, 2.75) is 76.7 Å². The van der Waals surface area contributed by atoms with Crippen LogP contribution in [0.15, 0.2) is 0 Å². The van der Waals surface area contributed by atoms with Gasteiger partial charge in [0, 0.05) is 19.1 Å². The molecule has 1 heterocycles. The van der Waals surface area contributed by atoms with Crippen molar-refractivity contribution in [1.82, 2.24) is 4.90 Å². The first kappa shape index (κ1) is 14.4. The van der Waals surface area contributed by atoms with Crippen molar-refractivity contribution in [2.75, 3.05) is 13.1 Å². The monoisotopic (exact) mass is 278 g/mol. The molecule has 0 radical (unpaired) electrons. The number of amides is 1. The fraction of sp³-hybridized carbons (Fsp3) is 0.941. The zero-order chi connectivity index (χ0) is 14.0. The van der Waals surface area contributed by atoms with Crippen molar-refractivity contribution in [3.63, 3.8) is 0 Å². The van der Waals surface area contributed by atoms with E-state index in [0.29, 0.717) is 18.5 Å². The van der Waals surface area contributed by atoms with Crippen molar-refractivity contribution in [1.29, 1.82) is 0 Å². The first-order valence-corrected chi connectivity index (χ1v) is 8.78. The van der Waals surface area contributed by atoms with Gasteiger partial charge in [0.25, 0.3) is 0 Å². The number of nitrogens with zero attached hydrogens (tertiary/aromatic N) is 1. The van der Waals surface area contributed by atoms with Gasteiger partial charge in [0.2, 0.25) is 5.91 Å². The van der Waals surface area contributed by atoms with Gasteiger partial charge in [-0.2, -0.15) is 0 Å². The maximum absolute atomic E-state index is 13.1. The van der Waals surface area contributed by atoms with Crippen LogP contribution < -0.4 is 5.73 Å². The van der Waals surface area contributed by atoms with E-state index in [1.165, 1.54) is 57.8 Å². The van der Waals surface area contributed by atoms with E-state index in [1.807, 2.05) is 0 Å². The number of rotatable bonds is 3. The predicted octanol–water partition coefficient (Wildman–Crippen LogP) is 3.08. The van der Waals surface area contributed by atoms with Gasteiger partial charge >= 0.3 is 0 Å². The summed E-state index contributed by atoms with van der Waals surface area (Å²) >= 11 is 0. The van der Waals surface area contributed by atoms with Crippen LogP contribution >= 0.6 is 0 Å². The second-order valence-corrected chi connectivity index (χ2v) is 7.30. The summed E-state index contributed by atoms with van der Waals surface area (Å²) < 4.78 is 0. The van der Waals surface area contributed by atoms with Crippen LogP contribution in [0.3, 0.4) is 0 Å². The summed E-state index contributed by atoms with van der Waals surface area (Å²) in [6, 6.07) is 0.534. The molecule has 1 atom stereocenters. The summed E-state index contributed by atoms with van der Waals surface area (Å²) in [7, 11) is 0. The normalized spacial score (nSPS) is 30.9. The molecule has 3 heteroatoms. The van der Waals surface area contributed by atoms with E-state index in [1.54, 1.807) is 0 Å². The van der Waals surface area contributed by atoms with Crippen LogP contribution in [0.1, 0.15) is 70.6 Å². The molecule has 0 aromatic heterocycles. The maximum Gasteiger partial charge on any atom is 0.230 e. The van der Waals surface area contributed by atoms with Gasteiger partial charge in [-0.05, 0) is 44.4 Å². The molecule has 2 aliphatic carbocycles. The van der Waals surface area contributed by atoms with E-state index in [-0.39, 0.29) is 5.41 Å². The van der Waals surface area contributed by atoms with Gasteiger partial charge in [0.1, 0.15) is 0 Å². The highest BCUT2D eigenvalue weighted by Crippen LogP contribution is 2.42. The van der Waals surface area contributed by atoms with E-state index in [4.69, 9.17) is 5.73 Å². The van der Waals surface area contributed by atoms with Crippen LogP contribution in [0.25, 0.3) is 0 Å². The molecule has 1 unspecified atom stereocenters. The molecule has 3 nitrogen and oxygen atoms in total. The molecule has 3 rings (SSSR count). The Labute approximate surface area is 123 Å². The Morgan fingerprint density at radius 1 is 1.00 bits per heavy atom. The molecule has 114 valence electrons. The summed E-state index contributed by atoms with van der Waals surface area (Å²) in [6.07, 6.45) is 13.7. The summed E-state index contributed by atoms with van der Waals surface area (Å²) in [5, 5.41) is 0. The molecule has 1 saturated heterocycles. The van der Waals surface area contributed by atoms with Crippen molar-refractivity contribution in [3.8, 4) is 0 Å². The number of carbonyl (C=O) groups is 1. The van der Waals surface area contributed by atoms with Crippen molar-refractivity contribution < 1.29 is 4.79 Å². The third-order valence-electron chi connectivity index (χ3n) is 6.16. The van der Waals surface area contributed by atoms with Crippen molar-refractivity contribution in [2.24, 2.45) is 17.1 Å². The van der Waals surface area contributed by atoms with E-state index >= 15 is 0 Å². The van der Waals surface area contributed by atoms with Gasteiger partial charge in [-0.15, -0.1) is 0 Å². The van der Waals surface area contributed by atoms with E-state index in [9.17, 15) is 4.79 Å². The fourth-order valence-corrected chi connectivity index (χ4v) is 4.92. The van der Waals surface area contributed by atoms with Gasteiger partial charge in [0.05, 0.1) is 5.41 Å². The van der Waals surface area contributed by atoms with Crippen LogP contribution in [0.2, 0.25) is 0 Å². The Bertz CT molecular complexity index is 343. The SMILES string of the molecule is NCC1(C(=O)N2CCCC2C2CCCCC2)CCCC1. The molecule has 2 N–H and O–H groups in total. The Balaban J connectivity index is 1.72. The number of hydrogen-bond acceptors (Lipinski definition) is 2. The average molecular weight is 278 g/mol. The molecule has 20 heavy (non-hydrogen) atoms. The molecular formula is C17H30N2O. The second kappa shape index (κ2) is 6.05. The topological polar surface area (TPSA) is 46.3 Å². The standard InChI is InChI=1S/C17H30N2O/c18-13-17(10-4-5-11-17)16(20)19-12-6-9-15(19)14-7-2-1-3-8-14/h14-15H,1-13,18H2. The van der Waals surface area contributed by atoms with Crippen LogP contribution in [-0.2, 0) is 4.79 Å². The number of carbonyl (C=O) groups excluding carboxylic acids is 1. The highest BCUT2D eigenvalue weighted by molar-refractivity contribution is 5.84. The lowest BCUT2D eigenvalue weighted by Gasteiger charge is -2.39. The zero-order valence-electron chi connectivity index (χ0n) is 12.8. The van der Waals surface area contributed by atoms with E-state index in [2.05, 4.69) is 4.90 Å². The average Bonchev–Trinajstić information content (AvgIpc) is 3.17. The Kier molecular flexibility index (Phi) is 4.34. The third-order valence-corrected chi connectivity index (χ3v) is 6.16. The summed E-state index contributed by atoms with van der Waals surface area (Å²) in [5.74, 6) is 1.18. The van der Waals surface area contributed by atoms with Crippen LogP contribution in [0.5, 0.6) is 0 Å². The summed E-state index contributed by atoms with van der Waals surface area (Å²) in [5.41, 5.74) is 5.82. The van der Waals surface area contributed by atoms with Gasteiger partial charge in [-0.1, -0.05) is 32.1 Å². The molecule has 1 amide bonds. The first-order chi connectivity index (χ1) is 9.77. The quantitative estimate of drug-likeness (QED) is 0.862. The Morgan fingerprint density at radius 3 is 2.35 bits per heavy atom. The molecule has 0 aromatic carbocycles. The number of nitrogens with two attached hydrogens (primary N) is 1. The maximum atomic E-state index is 13.1. The molecule has 3 fully saturated rings. The van der Waals surface area contributed by atoms with E-state index in [0.717, 1.165) is 25.3 Å². The molecule has 2 saturated carbocycles. The number of hydrogen-bond donors (Lipinski definition) is 1. The smallest absolute Gasteiger partial charge is 0.230 e. The fourth-order valence-electron chi connectivity index (χ4n) is 4.92. The molecule has 0 spiro atoms. The zero-order valence-corrected chi connectivity index (χ0v) is 12.8. The van der Waals surface area contributed by atoms with Gasteiger partial charge in [-0.3, -0.25) is 4.79 Å². The first-order valence-electron chi connectivity index (χ1n) is 8.78. The highest BCUT2D eigenvalue weighted by Gasteiger charge is 2.46. The largest absolute Gasteiger partial charge is 0.339 e. The molecule has 0 bridgehead atoms. The predicted molar refractivity (Wildman–Crippen MR) is 81.3 cm³/mol. The molecular weight excluding hydrogens is 248 g/mol. The Morgan fingerprint density at radius 2 is 1.70 bits per heavy atom. The molecule has 1 aliphatic heterocycles. The minimum Gasteiger partial charge on any atom is -0.339 e. The number of likely N-dealkylation sites (tertiary alicyclic amines) is 1. The van der Waals surface area contributed by atoms with Crippen LogP contribution in [-0.4, -0.2) is 29.9 Å². The van der Waals surface area contributed by atoms with Gasteiger partial charge in [-0.25, -0.2) is 0 Å².